The Balaban J connectivity index is 3.04. The molecule has 0 saturated heterocycles. The minimum atomic E-state index is -0.614. The Bertz CT molecular complexity index is 453. The van der Waals surface area contributed by atoms with Gasteiger partial charge in [-0.25, -0.2) is 4.79 Å². The van der Waals surface area contributed by atoms with E-state index < -0.39 is 6.03 Å². The monoisotopic (exact) mass is 250 g/mol. The lowest BCUT2D eigenvalue weighted by molar-refractivity contribution is 0.259. The third kappa shape index (κ3) is 3.65. The van der Waals surface area contributed by atoms with Gasteiger partial charge in [-0.1, -0.05) is 25.5 Å². The molecule has 0 aromatic heterocycles. The summed E-state index contributed by atoms with van der Waals surface area (Å²) in [4.78, 5) is 14.9. The van der Waals surface area contributed by atoms with Crippen LogP contribution in [-0.2, 0) is 6.42 Å². The topological polar surface area (TPSA) is 103 Å². The van der Waals surface area contributed by atoms with Gasteiger partial charge in [0.05, 0.1) is 12.8 Å². The van der Waals surface area contributed by atoms with Crippen molar-refractivity contribution in [3.8, 4) is 5.75 Å². The number of aliphatic imine (C=N–C) groups is 1. The predicted octanol–water partition coefficient (Wildman–Crippen LogP) is 1.45. The van der Waals surface area contributed by atoms with Crippen molar-refractivity contribution in [3.63, 3.8) is 0 Å². The SMILES string of the molecule is CCCc1cccc(OC)c1NC(=O)N=C(N)N. The van der Waals surface area contributed by atoms with E-state index >= 15 is 0 Å². The van der Waals surface area contributed by atoms with Crippen LogP contribution in [0.3, 0.4) is 0 Å². The van der Waals surface area contributed by atoms with Crippen LogP contribution in [0.25, 0.3) is 0 Å². The van der Waals surface area contributed by atoms with Crippen molar-refractivity contribution in [1.29, 1.82) is 0 Å². The van der Waals surface area contributed by atoms with E-state index in [2.05, 4.69) is 17.2 Å². The standard InChI is InChI=1S/C12H18N4O2/c1-3-5-8-6-4-7-9(18-2)10(8)15-12(17)16-11(13)14/h4,6-7H,3,5H2,1-2H3,(H5,13,14,15,16,17). The van der Waals surface area contributed by atoms with Crippen molar-refractivity contribution in [1.82, 2.24) is 0 Å². The number of rotatable bonds is 4. The summed E-state index contributed by atoms with van der Waals surface area (Å²) >= 11 is 0. The molecule has 0 bridgehead atoms. The van der Waals surface area contributed by atoms with Crippen LogP contribution in [0.1, 0.15) is 18.9 Å². The fourth-order valence-corrected chi connectivity index (χ4v) is 1.62. The number of hydrogen-bond acceptors (Lipinski definition) is 2. The number of methoxy groups -OCH3 is 1. The summed E-state index contributed by atoms with van der Waals surface area (Å²) in [5.41, 5.74) is 11.9. The van der Waals surface area contributed by atoms with Gasteiger partial charge < -0.3 is 21.5 Å². The second-order valence-electron chi connectivity index (χ2n) is 3.71. The molecule has 1 aromatic rings. The highest BCUT2D eigenvalue weighted by molar-refractivity contribution is 5.99. The number of carbonyl (C=O) groups is 1. The number of nitrogens with one attached hydrogen (secondary N) is 1. The van der Waals surface area contributed by atoms with Gasteiger partial charge in [0.1, 0.15) is 5.75 Å². The number of urea groups is 1. The zero-order valence-electron chi connectivity index (χ0n) is 10.6. The van der Waals surface area contributed by atoms with E-state index in [1.165, 1.54) is 0 Å². The molecule has 0 heterocycles. The van der Waals surface area contributed by atoms with E-state index in [0.29, 0.717) is 11.4 Å². The van der Waals surface area contributed by atoms with Crippen LogP contribution < -0.4 is 21.5 Å². The predicted molar refractivity (Wildman–Crippen MR) is 71.8 cm³/mol. The van der Waals surface area contributed by atoms with E-state index in [0.717, 1.165) is 18.4 Å². The molecule has 6 heteroatoms. The highest BCUT2D eigenvalue weighted by Gasteiger charge is 2.11. The molecule has 0 radical (unpaired) electrons. The maximum Gasteiger partial charge on any atom is 0.348 e. The smallest absolute Gasteiger partial charge is 0.348 e. The van der Waals surface area contributed by atoms with Gasteiger partial charge in [-0.3, -0.25) is 0 Å². The number of aryl methyl sites for hydroxylation is 1. The molecule has 0 fully saturated rings. The van der Waals surface area contributed by atoms with E-state index in [-0.39, 0.29) is 5.96 Å². The van der Waals surface area contributed by atoms with Crippen molar-refractivity contribution < 1.29 is 9.53 Å². The fourth-order valence-electron chi connectivity index (χ4n) is 1.62. The Morgan fingerprint density at radius 1 is 1.44 bits per heavy atom. The van der Waals surface area contributed by atoms with Gasteiger partial charge in [0.25, 0.3) is 0 Å². The third-order valence-electron chi connectivity index (χ3n) is 2.31. The second-order valence-corrected chi connectivity index (χ2v) is 3.71. The Kier molecular flexibility index (Phi) is 4.98. The van der Waals surface area contributed by atoms with Crippen molar-refractivity contribution >= 4 is 17.7 Å². The van der Waals surface area contributed by atoms with Gasteiger partial charge in [0, 0.05) is 0 Å². The number of anilines is 1. The van der Waals surface area contributed by atoms with Crippen LogP contribution in [0.2, 0.25) is 0 Å². The highest BCUT2D eigenvalue weighted by atomic mass is 16.5. The Morgan fingerprint density at radius 2 is 2.17 bits per heavy atom. The molecule has 0 atom stereocenters. The number of ether oxygens (including phenoxy) is 1. The quantitative estimate of drug-likeness (QED) is 0.556. The fraction of sp³-hybridized carbons (Fsp3) is 0.333. The molecule has 0 aliphatic heterocycles. The zero-order valence-corrected chi connectivity index (χ0v) is 10.6. The lowest BCUT2D eigenvalue weighted by atomic mass is 10.1. The maximum atomic E-state index is 11.5. The Hall–Kier alpha value is -2.24. The Labute approximate surface area is 106 Å². The number of guanidine groups is 1. The molecule has 0 aliphatic rings. The summed E-state index contributed by atoms with van der Waals surface area (Å²) in [7, 11) is 1.54. The number of benzene rings is 1. The highest BCUT2D eigenvalue weighted by Crippen LogP contribution is 2.29. The van der Waals surface area contributed by atoms with E-state index in [4.69, 9.17) is 16.2 Å². The third-order valence-corrected chi connectivity index (χ3v) is 2.31. The number of carbonyl (C=O) groups excluding carboxylic acids is 1. The summed E-state index contributed by atoms with van der Waals surface area (Å²) in [6.45, 7) is 2.06. The molecular weight excluding hydrogens is 232 g/mol. The number of para-hydroxylation sites is 1. The van der Waals surface area contributed by atoms with Crippen molar-refractivity contribution in [2.75, 3.05) is 12.4 Å². The molecular formula is C12H18N4O2. The molecule has 1 rings (SSSR count). The molecule has 0 spiro atoms. The van der Waals surface area contributed by atoms with E-state index in [9.17, 15) is 4.79 Å². The maximum absolute atomic E-state index is 11.5. The largest absolute Gasteiger partial charge is 0.495 e. The average molecular weight is 250 g/mol. The van der Waals surface area contributed by atoms with Crippen molar-refractivity contribution in [2.45, 2.75) is 19.8 Å². The number of nitrogens with two attached hydrogens (primary N) is 2. The van der Waals surface area contributed by atoms with Crippen LogP contribution in [0, 0.1) is 0 Å². The molecule has 0 aliphatic carbocycles. The number of hydrogen-bond donors (Lipinski definition) is 3. The first-order valence-electron chi connectivity index (χ1n) is 5.65. The minimum Gasteiger partial charge on any atom is -0.495 e. The number of amides is 2. The van der Waals surface area contributed by atoms with E-state index in [1.54, 1.807) is 13.2 Å². The molecule has 0 saturated carbocycles. The van der Waals surface area contributed by atoms with Crippen LogP contribution in [0.4, 0.5) is 10.5 Å². The van der Waals surface area contributed by atoms with Crippen LogP contribution in [-0.4, -0.2) is 19.1 Å². The first-order chi connectivity index (χ1) is 8.58. The van der Waals surface area contributed by atoms with E-state index in [1.807, 2.05) is 12.1 Å². The molecule has 98 valence electrons. The van der Waals surface area contributed by atoms with Gasteiger partial charge in [-0.2, -0.15) is 4.99 Å². The molecule has 2 amide bonds. The summed E-state index contributed by atoms with van der Waals surface area (Å²) < 4.78 is 5.21. The Morgan fingerprint density at radius 3 is 2.72 bits per heavy atom. The van der Waals surface area contributed by atoms with Crippen LogP contribution in [0.15, 0.2) is 23.2 Å². The molecule has 6 nitrogen and oxygen atoms in total. The number of nitrogens with zero attached hydrogens (tertiary/aromatic N) is 1. The molecule has 18 heavy (non-hydrogen) atoms. The van der Waals surface area contributed by atoms with Crippen LogP contribution >= 0.6 is 0 Å². The van der Waals surface area contributed by atoms with Gasteiger partial charge in [0.2, 0.25) is 0 Å². The van der Waals surface area contributed by atoms with Gasteiger partial charge in [-0.05, 0) is 18.1 Å². The summed E-state index contributed by atoms with van der Waals surface area (Å²) in [5, 5.41) is 2.63. The summed E-state index contributed by atoms with van der Waals surface area (Å²) in [5.74, 6) is 0.305. The van der Waals surface area contributed by atoms with Gasteiger partial charge >= 0.3 is 6.03 Å². The normalized spacial score (nSPS) is 9.67. The lowest BCUT2D eigenvalue weighted by Crippen LogP contribution is -2.25. The van der Waals surface area contributed by atoms with Crippen molar-refractivity contribution in [3.05, 3.63) is 23.8 Å². The van der Waals surface area contributed by atoms with Gasteiger partial charge in [-0.15, -0.1) is 0 Å². The lowest BCUT2D eigenvalue weighted by Gasteiger charge is -2.13. The van der Waals surface area contributed by atoms with Gasteiger partial charge in [0.15, 0.2) is 5.96 Å². The molecule has 0 unspecified atom stereocenters. The first kappa shape index (κ1) is 13.8. The zero-order chi connectivity index (χ0) is 13.5. The average Bonchev–Trinajstić information content (AvgIpc) is 2.30. The first-order valence-corrected chi connectivity index (χ1v) is 5.65. The van der Waals surface area contributed by atoms with Crippen LogP contribution in [0.5, 0.6) is 5.75 Å². The molecule has 1 aromatic carbocycles. The minimum absolute atomic E-state index is 0.278. The summed E-state index contributed by atoms with van der Waals surface area (Å²) in [6.07, 6.45) is 1.78. The molecule has 5 N–H and O–H groups in total. The summed E-state index contributed by atoms with van der Waals surface area (Å²) in [6, 6.07) is 4.96. The van der Waals surface area contributed by atoms with Crippen molar-refractivity contribution in [2.24, 2.45) is 16.5 Å². The second kappa shape index (κ2) is 6.48.